The van der Waals surface area contributed by atoms with Gasteiger partial charge in [0, 0.05) is 60.7 Å². The number of hydroxylamine groups is 4. The molecule has 0 aliphatic carbocycles. The van der Waals surface area contributed by atoms with Crippen molar-refractivity contribution in [2.24, 2.45) is 0 Å². The van der Waals surface area contributed by atoms with Crippen molar-refractivity contribution < 1.29 is 38.9 Å². The van der Waals surface area contributed by atoms with E-state index in [9.17, 15) is 9.59 Å². The number of ether oxygens (including phenoxy) is 2. The fraction of sp³-hybridized carbons (Fsp3) is 0.958. The minimum absolute atomic E-state index is 0.0812. The summed E-state index contributed by atoms with van der Waals surface area (Å²) < 4.78 is 12.0. The normalized spacial score (nSPS) is 19.7. The molecule has 2 saturated heterocycles. The highest BCUT2D eigenvalue weighted by Gasteiger charge is 2.49. The SMILES string of the molecule is CC(C)(C)OO.CCCCCCCCON1C(C)(C)CC(OC(=O)CCCCCCCCC(=O)OC2CC(C)(C)N(OCCCCCCCC)C(C)(C)C2)CC1(C)C. The van der Waals surface area contributed by atoms with Gasteiger partial charge in [-0.2, -0.15) is 10.1 Å². The average molecular weight is 827 g/mol. The van der Waals surface area contributed by atoms with Gasteiger partial charge in [0.05, 0.1) is 18.8 Å². The molecule has 0 aromatic heterocycles. The summed E-state index contributed by atoms with van der Waals surface area (Å²) in [4.78, 5) is 42.2. The second kappa shape index (κ2) is 27.6. The molecule has 0 aromatic carbocycles. The summed E-state index contributed by atoms with van der Waals surface area (Å²) in [5.74, 6) is -0.162. The maximum absolute atomic E-state index is 12.8. The summed E-state index contributed by atoms with van der Waals surface area (Å²) in [6.45, 7) is 28.9. The molecule has 344 valence electrons. The van der Waals surface area contributed by atoms with Crippen molar-refractivity contribution >= 4 is 11.9 Å². The second-order valence-corrected chi connectivity index (χ2v) is 20.9. The molecule has 0 saturated carbocycles. The third-order valence-corrected chi connectivity index (χ3v) is 11.4. The zero-order valence-electron chi connectivity index (χ0n) is 40.2. The Morgan fingerprint density at radius 1 is 0.500 bits per heavy atom. The van der Waals surface area contributed by atoms with Gasteiger partial charge in [-0.25, -0.2) is 4.89 Å². The number of rotatable bonds is 27. The van der Waals surface area contributed by atoms with Gasteiger partial charge in [0.2, 0.25) is 0 Å². The molecule has 10 nitrogen and oxygen atoms in total. The summed E-state index contributed by atoms with van der Waals surface area (Å²) in [5, 5.41) is 12.3. The molecule has 0 amide bonds. The summed E-state index contributed by atoms with van der Waals surface area (Å²) in [6.07, 6.45) is 24.7. The first-order chi connectivity index (χ1) is 27.1. The lowest BCUT2D eigenvalue weighted by atomic mass is 9.80. The van der Waals surface area contributed by atoms with Crippen molar-refractivity contribution in [3.05, 3.63) is 0 Å². The number of hydrogen-bond acceptors (Lipinski definition) is 10. The number of unbranched alkanes of at least 4 members (excludes halogenated alkanes) is 15. The monoisotopic (exact) mass is 827 g/mol. The van der Waals surface area contributed by atoms with Crippen LogP contribution < -0.4 is 0 Å². The quantitative estimate of drug-likeness (QED) is 0.0372. The Labute approximate surface area is 357 Å². The molecule has 0 spiro atoms. The van der Waals surface area contributed by atoms with E-state index < -0.39 is 5.60 Å². The maximum atomic E-state index is 12.8. The number of carbonyl (C=O) groups excluding carboxylic acids is 2. The Hall–Kier alpha value is -1.30. The lowest BCUT2D eigenvalue weighted by Gasteiger charge is -2.53. The van der Waals surface area contributed by atoms with Crippen LogP contribution in [0.4, 0.5) is 0 Å². The third-order valence-electron chi connectivity index (χ3n) is 11.4. The highest BCUT2D eigenvalue weighted by molar-refractivity contribution is 5.69. The van der Waals surface area contributed by atoms with Gasteiger partial charge >= 0.3 is 11.9 Å². The molecule has 10 heteroatoms. The Kier molecular flexibility index (Phi) is 26.0. The Morgan fingerprint density at radius 3 is 1.03 bits per heavy atom. The van der Waals surface area contributed by atoms with Crippen molar-refractivity contribution in [1.29, 1.82) is 0 Å². The van der Waals surface area contributed by atoms with Crippen LogP contribution in [-0.4, -0.2) is 80.5 Å². The molecule has 2 heterocycles. The summed E-state index contributed by atoms with van der Waals surface area (Å²) in [7, 11) is 0. The maximum Gasteiger partial charge on any atom is 0.306 e. The number of nitrogens with zero attached hydrogens (tertiary/aromatic N) is 2. The number of esters is 2. The molecular formula is C48H94N2O8. The van der Waals surface area contributed by atoms with Crippen LogP contribution in [0.5, 0.6) is 0 Å². The zero-order valence-corrected chi connectivity index (χ0v) is 40.2. The highest BCUT2D eigenvalue weighted by Crippen LogP contribution is 2.41. The van der Waals surface area contributed by atoms with E-state index in [2.05, 4.69) is 84.3 Å². The van der Waals surface area contributed by atoms with E-state index in [-0.39, 0.29) is 46.3 Å². The molecule has 0 unspecified atom stereocenters. The largest absolute Gasteiger partial charge is 0.462 e. The smallest absolute Gasteiger partial charge is 0.306 e. The Morgan fingerprint density at radius 2 is 0.759 bits per heavy atom. The van der Waals surface area contributed by atoms with Crippen LogP contribution in [0.1, 0.15) is 244 Å². The van der Waals surface area contributed by atoms with Crippen LogP contribution in [-0.2, 0) is 33.6 Å². The molecule has 2 fully saturated rings. The molecule has 2 rings (SSSR count). The second-order valence-electron chi connectivity index (χ2n) is 20.9. The number of carbonyl (C=O) groups is 2. The lowest BCUT2D eigenvalue weighted by molar-refractivity contribution is -0.306. The molecule has 2 aliphatic heterocycles. The minimum atomic E-state index is -0.403. The van der Waals surface area contributed by atoms with Crippen molar-refractivity contribution in [2.75, 3.05) is 13.2 Å². The molecule has 0 atom stereocenters. The van der Waals surface area contributed by atoms with E-state index >= 15 is 0 Å². The van der Waals surface area contributed by atoms with E-state index in [0.29, 0.717) is 12.8 Å². The van der Waals surface area contributed by atoms with Gasteiger partial charge in [-0.05, 0) is 102 Å². The predicted molar refractivity (Wildman–Crippen MR) is 237 cm³/mol. The zero-order chi connectivity index (χ0) is 43.9. The standard InChI is InChI=1S/C44H84N2O6.C4H10O2/c1-11-13-15-17-23-27-31-49-45-41(3,4)33-37(34-42(45,5)6)51-39(47)29-25-21-19-20-22-26-30-40(48)52-38-35-43(7,8)46(44(9,10)36-38)50-32-28-24-18-16-14-12-2;1-4(2,3)6-5/h37-38H,11-36H2,1-10H3;5H,1-3H3. The Balaban J connectivity index is 0.00000259. The average Bonchev–Trinajstić information content (AvgIpc) is 3.09. The third kappa shape index (κ3) is 23.1. The van der Waals surface area contributed by atoms with Gasteiger partial charge in [-0.3, -0.25) is 24.5 Å². The minimum Gasteiger partial charge on any atom is -0.462 e. The molecule has 58 heavy (non-hydrogen) atoms. The molecule has 0 bridgehead atoms. The topological polar surface area (TPSA) is 107 Å². The van der Waals surface area contributed by atoms with Crippen LogP contribution in [0.2, 0.25) is 0 Å². The van der Waals surface area contributed by atoms with Crippen molar-refractivity contribution in [3.8, 4) is 0 Å². The van der Waals surface area contributed by atoms with Crippen molar-refractivity contribution in [3.63, 3.8) is 0 Å². The van der Waals surface area contributed by atoms with Crippen LogP contribution >= 0.6 is 0 Å². The van der Waals surface area contributed by atoms with Gasteiger partial charge in [0.1, 0.15) is 12.2 Å². The fourth-order valence-corrected chi connectivity index (χ4v) is 9.02. The van der Waals surface area contributed by atoms with Crippen molar-refractivity contribution in [2.45, 2.75) is 284 Å². The number of piperidine rings is 2. The van der Waals surface area contributed by atoms with Crippen LogP contribution in [0.15, 0.2) is 0 Å². The van der Waals surface area contributed by atoms with Gasteiger partial charge in [-0.15, -0.1) is 0 Å². The predicted octanol–water partition coefficient (Wildman–Crippen LogP) is 13.1. The van der Waals surface area contributed by atoms with Crippen LogP contribution in [0, 0.1) is 0 Å². The number of hydrogen-bond donors (Lipinski definition) is 1. The molecule has 0 radical (unpaired) electrons. The lowest BCUT2D eigenvalue weighted by Crippen LogP contribution is -2.62. The first-order valence-corrected chi connectivity index (χ1v) is 23.7. The van der Waals surface area contributed by atoms with Crippen LogP contribution in [0.25, 0.3) is 0 Å². The molecule has 0 aromatic rings. The van der Waals surface area contributed by atoms with Crippen LogP contribution in [0.3, 0.4) is 0 Å². The molecule has 1 N–H and O–H groups in total. The van der Waals surface area contributed by atoms with E-state index in [1.54, 1.807) is 20.8 Å². The van der Waals surface area contributed by atoms with E-state index in [0.717, 1.165) is 90.3 Å². The Bertz CT molecular complexity index is 988. The highest BCUT2D eigenvalue weighted by atomic mass is 17.1. The molecule has 2 aliphatic rings. The first kappa shape index (κ1) is 54.7. The van der Waals surface area contributed by atoms with E-state index in [1.165, 1.54) is 64.2 Å². The molecular weight excluding hydrogens is 733 g/mol. The van der Waals surface area contributed by atoms with Gasteiger partial charge in [0.25, 0.3) is 0 Å². The van der Waals surface area contributed by atoms with E-state index in [4.69, 9.17) is 24.4 Å². The fourth-order valence-electron chi connectivity index (χ4n) is 9.02. The summed E-state index contributed by atoms with van der Waals surface area (Å²) >= 11 is 0. The van der Waals surface area contributed by atoms with Gasteiger partial charge in [-0.1, -0.05) is 104 Å². The summed E-state index contributed by atoms with van der Waals surface area (Å²) in [6, 6.07) is 0. The van der Waals surface area contributed by atoms with Crippen molar-refractivity contribution in [1.82, 2.24) is 10.1 Å². The van der Waals surface area contributed by atoms with Gasteiger partial charge in [0.15, 0.2) is 0 Å². The van der Waals surface area contributed by atoms with E-state index in [1.807, 2.05) is 0 Å². The summed E-state index contributed by atoms with van der Waals surface area (Å²) in [5.41, 5.74) is -1.21. The van der Waals surface area contributed by atoms with Gasteiger partial charge < -0.3 is 9.47 Å². The first-order valence-electron chi connectivity index (χ1n) is 23.7.